The Balaban J connectivity index is 0.566. The number of carbonyl (C=O) groups excluding carboxylic acids is 7. The first-order valence-corrected chi connectivity index (χ1v) is 35.7. The summed E-state index contributed by atoms with van der Waals surface area (Å²) in [5.41, 5.74) is 2.48. The summed E-state index contributed by atoms with van der Waals surface area (Å²) in [5.74, 6) is -1.29. The number of nitrogens with zero attached hydrogens (tertiary/aromatic N) is 8. The number of hydrogen-bond donors (Lipinski definition) is 8. The van der Waals surface area contributed by atoms with Gasteiger partial charge in [0.05, 0.1) is 36.4 Å². The number of hydrogen-bond acceptors (Lipinski definition) is 16. The van der Waals surface area contributed by atoms with Gasteiger partial charge in [0, 0.05) is 109 Å². The van der Waals surface area contributed by atoms with E-state index in [4.69, 9.17) is 0 Å². The molecule has 7 fully saturated rings. The number of likely N-dealkylation sites (N-methyl/N-ethyl adjacent to an activating group) is 1. The first kappa shape index (κ1) is 70.2. The lowest BCUT2D eigenvalue weighted by Gasteiger charge is -2.48. The quantitative estimate of drug-likeness (QED) is 0.0543. The van der Waals surface area contributed by atoms with Crippen molar-refractivity contribution in [3.8, 4) is 0 Å². The Morgan fingerprint density at radius 3 is 2.25 bits per heavy atom. The first-order valence-electron chi connectivity index (χ1n) is 35.7. The predicted octanol–water partition coefficient (Wildman–Crippen LogP) is 4.52. The molecular formula is C71H104F2N16O7. The first-order chi connectivity index (χ1) is 46.2. The number of anilines is 3. The third-order valence-electron chi connectivity index (χ3n) is 22.2. The highest BCUT2D eigenvalue weighted by Crippen LogP contribution is 2.40. The van der Waals surface area contributed by atoms with Crippen LogP contribution in [0.4, 0.5) is 26.1 Å². The van der Waals surface area contributed by atoms with Gasteiger partial charge in [0.15, 0.2) is 0 Å². The fourth-order valence-corrected chi connectivity index (χ4v) is 16.2. The summed E-state index contributed by atoms with van der Waals surface area (Å²) in [7, 11) is 1.70. The second kappa shape index (κ2) is 31.6. The van der Waals surface area contributed by atoms with Gasteiger partial charge in [-0.15, -0.1) is 0 Å². The van der Waals surface area contributed by atoms with Crippen molar-refractivity contribution in [3.05, 3.63) is 77.1 Å². The van der Waals surface area contributed by atoms with E-state index >= 15 is 8.78 Å². The van der Waals surface area contributed by atoms with Crippen LogP contribution >= 0.6 is 0 Å². The van der Waals surface area contributed by atoms with Gasteiger partial charge in [-0.3, -0.25) is 43.4 Å². The summed E-state index contributed by atoms with van der Waals surface area (Å²) in [6.07, 6.45) is 14.8. The van der Waals surface area contributed by atoms with Crippen LogP contribution in [0.1, 0.15) is 153 Å². The van der Waals surface area contributed by atoms with E-state index in [0.717, 1.165) is 128 Å². The average molecular weight is 1330 g/mol. The molecule has 0 bridgehead atoms. The largest absolute Gasteiger partial charge is 0.370 e. The number of carbonyl (C=O) groups is 7. The van der Waals surface area contributed by atoms with E-state index in [1.807, 2.05) is 24.3 Å². The van der Waals surface area contributed by atoms with Crippen molar-refractivity contribution in [2.24, 2.45) is 16.7 Å². The summed E-state index contributed by atoms with van der Waals surface area (Å²) in [6.45, 7) is 15.9. The van der Waals surface area contributed by atoms with E-state index in [1.54, 1.807) is 23.8 Å². The second-order valence-corrected chi connectivity index (χ2v) is 29.8. The number of amides is 7. The Morgan fingerprint density at radius 1 is 0.740 bits per heavy atom. The predicted molar refractivity (Wildman–Crippen MR) is 363 cm³/mol. The van der Waals surface area contributed by atoms with Gasteiger partial charge in [-0.05, 0) is 158 Å². The van der Waals surface area contributed by atoms with Crippen LogP contribution in [0.15, 0.2) is 48.8 Å². The molecule has 11 rings (SSSR count). The molecule has 1 saturated carbocycles. The minimum Gasteiger partial charge on any atom is -0.370 e. The smallest absolute Gasteiger partial charge is 0.246 e. The molecule has 7 heterocycles. The Morgan fingerprint density at radius 2 is 1.47 bits per heavy atom. The Labute approximate surface area is 564 Å². The molecule has 8 N–H and O–H groups in total. The molecule has 25 heteroatoms. The maximum absolute atomic E-state index is 15.8. The van der Waals surface area contributed by atoms with Crippen molar-refractivity contribution in [1.82, 2.24) is 66.8 Å². The molecule has 1 unspecified atom stereocenters. The maximum Gasteiger partial charge on any atom is 0.246 e. The van der Waals surface area contributed by atoms with Crippen LogP contribution in [0.5, 0.6) is 0 Å². The van der Waals surface area contributed by atoms with Crippen molar-refractivity contribution in [2.45, 2.75) is 179 Å². The van der Waals surface area contributed by atoms with Gasteiger partial charge in [-0.25, -0.2) is 18.7 Å². The molecule has 2 aliphatic carbocycles. The Kier molecular flexibility index (Phi) is 23.1. The highest BCUT2D eigenvalue weighted by atomic mass is 19.1. The summed E-state index contributed by atoms with van der Waals surface area (Å²) in [4.78, 5) is 117. The van der Waals surface area contributed by atoms with Crippen molar-refractivity contribution in [2.75, 3.05) is 127 Å². The van der Waals surface area contributed by atoms with Gasteiger partial charge in [0.1, 0.15) is 41.7 Å². The zero-order valence-electron chi connectivity index (χ0n) is 57.0. The molecule has 2 aromatic carbocycles. The standard InChI is InChI=1S/C71H104F2N16O7/c1-48(74-4)66(94)82-65(50-13-6-5-7-14-50)68(96)89-41-52(37-58(89)67(95)81-56-17-10-15-49-12-8-9-16-53(49)56)80-62(91)19-18-61(90)77-28-35-85-31-22-70(44-85)23-32-86(45-70)42-63(92)76-27-11-26-75-59-39-60(79-47-78-59)87-33-24-71(25-34-87)46-88(43-64(93)83-71)57-38-54(72)51(36-55(57)73)40-84-29-20-69(2,3)21-30-84/h8-9,12,16,36,38-39,47-48,50,52,56,58,65,74H,5-7,10-11,13-15,17-35,37,40-46H2,1-4H3,(H,76,92)(H,77,90)(H,80,91)(H,81,95)(H,82,94)(H,83,93)(H,75,78,79)/t48-,52-,56?,58-,65-,70-/m0/s1. The fraction of sp³-hybridized carbons (Fsp3) is 0.676. The van der Waals surface area contributed by atoms with Gasteiger partial charge in [0.2, 0.25) is 41.4 Å². The van der Waals surface area contributed by atoms with Gasteiger partial charge >= 0.3 is 0 Å². The molecule has 2 spiro atoms. The molecular weight excluding hydrogens is 1230 g/mol. The molecule has 96 heavy (non-hydrogen) atoms. The molecule has 6 aliphatic heterocycles. The third kappa shape index (κ3) is 18.0. The number of aryl methyl sites for hydroxylation is 1. The average Bonchev–Trinajstić information content (AvgIpc) is 1.09. The number of piperazine rings is 1. The topological polar surface area (TPSA) is 261 Å². The molecule has 1 aromatic heterocycles. The molecule has 0 radical (unpaired) electrons. The lowest BCUT2D eigenvalue weighted by Crippen LogP contribution is -2.66. The second-order valence-electron chi connectivity index (χ2n) is 29.8. The number of nitrogens with one attached hydrogen (secondary N) is 8. The van der Waals surface area contributed by atoms with Crippen LogP contribution < -0.4 is 52.3 Å². The van der Waals surface area contributed by atoms with E-state index in [9.17, 15) is 33.6 Å². The molecule has 7 amide bonds. The van der Waals surface area contributed by atoms with Gasteiger partial charge < -0.3 is 62.1 Å². The van der Waals surface area contributed by atoms with Crippen LogP contribution in [0.2, 0.25) is 0 Å². The third-order valence-corrected chi connectivity index (χ3v) is 22.2. The highest BCUT2D eigenvalue weighted by Gasteiger charge is 2.47. The number of rotatable bonds is 25. The van der Waals surface area contributed by atoms with Crippen molar-refractivity contribution < 1.29 is 42.3 Å². The minimum atomic E-state index is -0.860. The van der Waals surface area contributed by atoms with E-state index < -0.39 is 41.3 Å². The normalized spacial score (nSPS) is 24.5. The number of piperidine rings is 2. The van der Waals surface area contributed by atoms with Crippen LogP contribution in [0.3, 0.4) is 0 Å². The number of likely N-dealkylation sites (tertiary alicyclic amines) is 4. The van der Waals surface area contributed by atoms with Gasteiger partial charge in [-0.1, -0.05) is 57.4 Å². The fourth-order valence-electron chi connectivity index (χ4n) is 16.2. The van der Waals surface area contributed by atoms with Gasteiger partial charge in [-0.2, -0.15) is 0 Å². The SMILES string of the molecule is CN[C@@H](C)C(=O)N[C@H](C(=O)N1C[C@@H](NC(=O)CCC(=O)NCCN2CC[C@]3(CCN(CC(=O)NCCCNc4cc(N5CCC6(CC5)CN(c5cc(F)c(CN7CCC(C)(C)CC7)cc5F)CC(=O)N6)ncn4)C3)C2)C[C@H]1C(=O)NC1CCCc2ccccc21)C1CCCCC1. The Bertz CT molecular complexity index is 3240. The zero-order valence-corrected chi connectivity index (χ0v) is 57.0. The molecule has 23 nitrogen and oxygen atoms in total. The lowest BCUT2D eigenvalue weighted by atomic mass is 9.82. The van der Waals surface area contributed by atoms with Gasteiger partial charge in [0.25, 0.3) is 0 Å². The summed E-state index contributed by atoms with van der Waals surface area (Å²) in [5, 5.41) is 25.0. The summed E-state index contributed by atoms with van der Waals surface area (Å²) < 4.78 is 31.4. The molecule has 524 valence electrons. The number of benzene rings is 2. The molecule has 6 saturated heterocycles. The molecule has 8 aliphatic rings. The van der Waals surface area contributed by atoms with Crippen molar-refractivity contribution >= 4 is 58.7 Å². The van der Waals surface area contributed by atoms with Crippen LogP contribution in [0, 0.1) is 28.4 Å². The monoisotopic (exact) mass is 1330 g/mol. The van der Waals surface area contributed by atoms with Crippen molar-refractivity contribution in [1.29, 1.82) is 0 Å². The van der Waals surface area contributed by atoms with E-state index in [1.165, 1.54) is 24.0 Å². The highest BCUT2D eigenvalue weighted by molar-refractivity contribution is 5.94. The van der Waals surface area contributed by atoms with Crippen LogP contribution in [-0.2, 0) is 46.5 Å². The summed E-state index contributed by atoms with van der Waals surface area (Å²) in [6, 6.07) is 9.68. The molecule has 3 aromatic rings. The van der Waals surface area contributed by atoms with E-state index in [-0.39, 0.29) is 102 Å². The number of fused-ring (bicyclic) bond motifs is 1. The van der Waals surface area contributed by atoms with Crippen molar-refractivity contribution in [3.63, 3.8) is 0 Å². The number of halogens is 2. The van der Waals surface area contributed by atoms with Crippen LogP contribution in [-0.4, -0.2) is 212 Å². The van der Waals surface area contributed by atoms with E-state index in [0.29, 0.717) is 89.5 Å². The lowest BCUT2D eigenvalue weighted by molar-refractivity contribution is -0.143. The van der Waals surface area contributed by atoms with E-state index in [2.05, 4.69) is 92.0 Å². The minimum absolute atomic E-state index is 0.00915. The van der Waals surface area contributed by atoms with Crippen LogP contribution in [0.25, 0.3) is 0 Å². The Hall–Kier alpha value is -7.09. The summed E-state index contributed by atoms with van der Waals surface area (Å²) >= 11 is 0. The maximum atomic E-state index is 15.8. The number of aromatic nitrogens is 2. The zero-order chi connectivity index (χ0) is 67.6. The molecule has 6 atom stereocenters.